The predicted octanol–water partition coefficient (Wildman–Crippen LogP) is 10.3. The van der Waals surface area contributed by atoms with Gasteiger partial charge in [-0.3, -0.25) is 0 Å². The zero-order chi connectivity index (χ0) is 26.8. The molecule has 5 aromatic carbocycles. The molecule has 7 aromatic rings. The molecule has 0 saturated carbocycles. The van der Waals surface area contributed by atoms with Gasteiger partial charge in [-0.1, -0.05) is 117 Å². The zero-order valence-corrected chi connectivity index (χ0v) is 22.5. The smallest absolute Gasteiger partial charge is 0.143 e. The van der Waals surface area contributed by atoms with Crippen LogP contribution in [0.3, 0.4) is 0 Å². The first-order valence-corrected chi connectivity index (χ1v) is 13.8. The lowest BCUT2D eigenvalue weighted by Gasteiger charge is -2.22. The second kappa shape index (κ2) is 8.53. The molecule has 40 heavy (non-hydrogen) atoms. The number of para-hydroxylation sites is 1. The Hall–Kier alpha value is -4.95. The maximum absolute atomic E-state index is 6.48. The van der Waals surface area contributed by atoms with Gasteiger partial charge >= 0.3 is 0 Å². The highest BCUT2D eigenvalue weighted by molar-refractivity contribution is 6.11. The summed E-state index contributed by atoms with van der Waals surface area (Å²) in [6.45, 7) is 4.65. The standard InChI is InChI=1S/C38H27NO/c1-38(2)31-20-19-29-28-15-9-10-16-35(28)40-37(29)36(31)30-18-17-26(21-32(30)38)27-22-33(24-11-5-3-6-12-24)39-34(23-27)25-13-7-4-8-14-25/h3-23H,1-2H3. The van der Waals surface area contributed by atoms with Crippen LogP contribution in [0.25, 0.3) is 66.7 Å². The van der Waals surface area contributed by atoms with Crippen LogP contribution >= 0.6 is 0 Å². The number of nitrogens with zero attached hydrogens (tertiary/aromatic N) is 1. The number of fused-ring (bicyclic) bond motifs is 7. The van der Waals surface area contributed by atoms with E-state index in [4.69, 9.17) is 9.40 Å². The normalized spacial score (nSPS) is 13.4. The van der Waals surface area contributed by atoms with Crippen LogP contribution in [0.5, 0.6) is 0 Å². The Bertz CT molecular complexity index is 2010. The van der Waals surface area contributed by atoms with Crippen molar-refractivity contribution in [2.24, 2.45) is 0 Å². The summed E-state index contributed by atoms with van der Waals surface area (Å²) in [5.41, 5.74) is 13.4. The maximum Gasteiger partial charge on any atom is 0.143 e. The number of furan rings is 1. The van der Waals surface area contributed by atoms with Gasteiger partial charge in [0, 0.05) is 32.9 Å². The number of hydrogen-bond acceptors (Lipinski definition) is 2. The molecular formula is C38H27NO. The second-order valence-electron chi connectivity index (χ2n) is 11.2. The summed E-state index contributed by atoms with van der Waals surface area (Å²) in [5, 5.41) is 2.35. The van der Waals surface area contributed by atoms with E-state index in [2.05, 4.69) is 123 Å². The van der Waals surface area contributed by atoms with Crippen LogP contribution in [-0.4, -0.2) is 4.98 Å². The van der Waals surface area contributed by atoms with E-state index >= 15 is 0 Å². The fraction of sp³-hybridized carbons (Fsp3) is 0.0789. The zero-order valence-electron chi connectivity index (χ0n) is 22.5. The molecule has 2 heteroatoms. The summed E-state index contributed by atoms with van der Waals surface area (Å²) in [4.78, 5) is 5.08. The number of benzene rings is 5. The van der Waals surface area contributed by atoms with Crippen molar-refractivity contribution >= 4 is 21.9 Å². The minimum absolute atomic E-state index is 0.147. The molecule has 0 bridgehead atoms. The summed E-state index contributed by atoms with van der Waals surface area (Å²) < 4.78 is 6.48. The quantitative estimate of drug-likeness (QED) is 0.235. The van der Waals surface area contributed by atoms with Crippen LogP contribution in [0.4, 0.5) is 0 Å². The number of aromatic nitrogens is 1. The summed E-state index contributed by atoms with van der Waals surface area (Å²) in [6.07, 6.45) is 0. The van der Waals surface area contributed by atoms with Gasteiger partial charge in [0.1, 0.15) is 11.2 Å². The molecule has 1 aliphatic carbocycles. The molecule has 2 aromatic heterocycles. The van der Waals surface area contributed by atoms with Gasteiger partial charge in [0.25, 0.3) is 0 Å². The summed E-state index contributed by atoms with van der Waals surface area (Å²) >= 11 is 0. The van der Waals surface area contributed by atoms with Gasteiger partial charge in [0.15, 0.2) is 0 Å². The molecule has 0 radical (unpaired) electrons. The van der Waals surface area contributed by atoms with E-state index in [1.54, 1.807) is 0 Å². The minimum Gasteiger partial charge on any atom is -0.455 e. The Morgan fingerprint density at radius 2 is 1.18 bits per heavy atom. The van der Waals surface area contributed by atoms with Gasteiger partial charge in [-0.15, -0.1) is 0 Å². The third-order valence-corrected chi connectivity index (χ3v) is 8.48. The first kappa shape index (κ1) is 23.0. The molecule has 8 rings (SSSR count). The van der Waals surface area contributed by atoms with E-state index in [9.17, 15) is 0 Å². The molecule has 0 atom stereocenters. The van der Waals surface area contributed by atoms with Crippen molar-refractivity contribution in [3.05, 3.63) is 139 Å². The molecule has 0 amide bonds. The first-order chi connectivity index (χ1) is 19.6. The van der Waals surface area contributed by atoms with Gasteiger partial charge in [-0.05, 0) is 52.1 Å². The minimum atomic E-state index is -0.147. The van der Waals surface area contributed by atoms with Gasteiger partial charge in [0.05, 0.1) is 11.4 Å². The van der Waals surface area contributed by atoms with Crippen LogP contribution in [0.15, 0.2) is 132 Å². The van der Waals surface area contributed by atoms with Crippen molar-refractivity contribution < 1.29 is 4.42 Å². The molecule has 0 N–H and O–H groups in total. The lowest BCUT2D eigenvalue weighted by molar-refractivity contribution is 0.653. The highest BCUT2D eigenvalue weighted by atomic mass is 16.3. The fourth-order valence-electron chi connectivity index (χ4n) is 6.39. The van der Waals surface area contributed by atoms with Gasteiger partial charge < -0.3 is 4.42 Å². The molecule has 0 unspecified atom stereocenters. The van der Waals surface area contributed by atoms with Crippen molar-refractivity contribution in [2.45, 2.75) is 19.3 Å². The molecular weight excluding hydrogens is 486 g/mol. The molecule has 2 heterocycles. The third-order valence-electron chi connectivity index (χ3n) is 8.48. The summed E-state index contributed by atoms with van der Waals surface area (Å²) in [5.74, 6) is 0. The Morgan fingerprint density at radius 3 is 1.88 bits per heavy atom. The lowest BCUT2D eigenvalue weighted by Crippen LogP contribution is -2.14. The average molecular weight is 514 g/mol. The summed E-state index contributed by atoms with van der Waals surface area (Å²) in [6, 6.07) is 45.1. The van der Waals surface area contributed by atoms with Gasteiger partial charge in [0.2, 0.25) is 0 Å². The van der Waals surface area contributed by atoms with Crippen molar-refractivity contribution in [1.82, 2.24) is 4.98 Å². The van der Waals surface area contributed by atoms with E-state index in [1.807, 2.05) is 18.2 Å². The molecule has 0 aliphatic heterocycles. The predicted molar refractivity (Wildman–Crippen MR) is 165 cm³/mol. The largest absolute Gasteiger partial charge is 0.455 e. The van der Waals surface area contributed by atoms with Gasteiger partial charge in [-0.2, -0.15) is 0 Å². The van der Waals surface area contributed by atoms with Gasteiger partial charge in [-0.25, -0.2) is 4.98 Å². The van der Waals surface area contributed by atoms with Crippen molar-refractivity contribution in [3.63, 3.8) is 0 Å². The molecule has 0 saturated heterocycles. The molecule has 0 fully saturated rings. The molecule has 1 aliphatic rings. The topological polar surface area (TPSA) is 26.0 Å². The monoisotopic (exact) mass is 513 g/mol. The number of rotatable bonds is 3. The fourth-order valence-corrected chi connectivity index (χ4v) is 6.39. The Kier molecular flexibility index (Phi) is 4.90. The van der Waals surface area contributed by atoms with E-state index < -0.39 is 0 Å². The van der Waals surface area contributed by atoms with Crippen LogP contribution in [0.2, 0.25) is 0 Å². The lowest BCUT2D eigenvalue weighted by atomic mass is 9.81. The van der Waals surface area contributed by atoms with Crippen LogP contribution in [0.1, 0.15) is 25.0 Å². The van der Waals surface area contributed by atoms with Crippen molar-refractivity contribution in [2.75, 3.05) is 0 Å². The number of pyridine rings is 1. The number of hydrogen-bond donors (Lipinski definition) is 0. The second-order valence-corrected chi connectivity index (χ2v) is 11.2. The van der Waals surface area contributed by atoms with Crippen molar-refractivity contribution in [1.29, 1.82) is 0 Å². The van der Waals surface area contributed by atoms with Crippen LogP contribution in [0, 0.1) is 0 Å². The third kappa shape index (κ3) is 3.39. The molecule has 2 nitrogen and oxygen atoms in total. The average Bonchev–Trinajstić information content (AvgIpc) is 3.50. The SMILES string of the molecule is CC1(C)c2cc(-c3cc(-c4ccccc4)nc(-c4ccccc4)c3)ccc2-c2c1ccc1c2oc2ccccc21. The van der Waals surface area contributed by atoms with Crippen LogP contribution in [-0.2, 0) is 5.41 Å². The van der Waals surface area contributed by atoms with E-state index in [-0.39, 0.29) is 5.41 Å². The van der Waals surface area contributed by atoms with E-state index in [0.717, 1.165) is 39.2 Å². The molecule has 0 spiro atoms. The Labute approximate surface area is 233 Å². The highest BCUT2D eigenvalue weighted by Crippen LogP contribution is 2.53. The Balaban J connectivity index is 1.33. The maximum atomic E-state index is 6.48. The highest BCUT2D eigenvalue weighted by Gasteiger charge is 2.38. The van der Waals surface area contributed by atoms with Crippen molar-refractivity contribution in [3.8, 4) is 44.8 Å². The summed E-state index contributed by atoms with van der Waals surface area (Å²) in [7, 11) is 0. The van der Waals surface area contributed by atoms with E-state index in [0.29, 0.717) is 0 Å². The first-order valence-electron chi connectivity index (χ1n) is 13.8. The van der Waals surface area contributed by atoms with Crippen LogP contribution < -0.4 is 0 Å². The van der Waals surface area contributed by atoms with E-state index in [1.165, 1.54) is 38.6 Å². The Morgan fingerprint density at radius 1 is 0.525 bits per heavy atom. The molecule has 190 valence electrons.